The average molecular weight is 361 g/mol. The van der Waals surface area contributed by atoms with Gasteiger partial charge in [-0.25, -0.2) is 0 Å². The van der Waals surface area contributed by atoms with Crippen LogP contribution in [-0.2, 0) is 4.79 Å². The van der Waals surface area contributed by atoms with E-state index in [1.165, 1.54) is 43.4 Å². The van der Waals surface area contributed by atoms with Gasteiger partial charge >= 0.3 is 0 Å². The SMILES string of the molecule is O=C(c1cccs1)N1CCC(C(=O)N2CC[C@H]3CCCC[C@H]3C2)CC1. The molecule has 1 aromatic heterocycles. The second-order valence-corrected chi connectivity index (χ2v) is 8.87. The van der Waals surface area contributed by atoms with Crippen molar-refractivity contribution in [3.63, 3.8) is 0 Å². The molecule has 0 bridgehead atoms. The Labute approximate surface area is 154 Å². The molecule has 1 saturated carbocycles. The van der Waals surface area contributed by atoms with Gasteiger partial charge in [-0.15, -0.1) is 11.3 Å². The first kappa shape index (κ1) is 17.1. The van der Waals surface area contributed by atoms with Crippen molar-refractivity contribution in [2.45, 2.75) is 44.9 Å². The van der Waals surface area contributed by atoms with E-state index < -0.39 is 0 Å². The lowest BCUT2D eigenvalue weighted by molar-refractivity contribution is -0.140. The lowest BCUT2D eigenvalue weighted by atomic mass is 9.75. The van der Waals surface area contributed by atoms with Crippen LogP contribution in [0.25, 0.3) is 0 Å². The maximum atomic E-state index is 13.0. The van der Waals surface area contributed by atoms with E-state index in [-0.39, 0.29) is 11.8 Å². The maximum Gasteiger partial charge on any atom is 0.263 e. The third kappa shape index (κ3) is 3.62. The Morgan fingerprint density at radius 3 is 2.36 bits per heavy atom. The molecule has 2 aliphatic heterocycles. The third-order valence-electron chi connectivity index (χ3n) is 6.47. The maximum absolute atomic E-state index is 13.0. The van der Waals surface area contributed by atoms with Crippen LogP contribution < -0.4 is 0 Å². The molecule has 5 heteroatoms. The van der Waals surface area contributed by atoms with Gasteiger partial charge in [0.2, 0.25) is 5.91 Å². The van der Waals surface area contributed by atoms with E-state index >= 15 is 0 Å². The zero-order chi connectivity index (χ0) is 17.2. The highest BCUT2D eigenvalue weighted by Gasteiger charge is 2.36. The van der Waals surface area contributed by atoms with Crippen molar-refractivity contribution in [1.29, 1.82) is 0 Å². The van der Waals surface area contributed by atoms with Gasteiger partial charge in [-0.2, -0.15) is 0 Å². The first-order chi connectivity index (χ1) is 12.2. The molecular weight excluding hydrogens is 332 g/mol. The van der Waals surface area contributed by atoms with Crippen molar-refractivity contribution in [2.24, 2.45) is 17.8 Å². The van der Waals surface area contributed by atoms with E-state index in [0.29, 0.717) is 19.0 Å². The molecule has 0 unspecified atom stereocenters. The zero-order valence-corrected chi connectivity index (χ0v) is 15.7. The van der Waals surface area contributed by atoms with Gasteiger partial charge in [0.05, 0.1) is 4.88 Å². The van der Waals surface area contributed by atoms with E-state index in [1.54, 1.807) is 0 Å². The number of carbonyl (C=O) groups excluding carboxylic acids is 2. The molecule has 1 aromatic rings. The summed E-state index contributed by atoms with van der Waals surface area (Å²) in [7, 11) is 0. The van der Waals surface area contributed by atoms with Crippen LogP contribution in [0.1, 0.15) is 54.6 Å². The fourth-order valence-electron chi connectivity index (χ4n) is 4.94. The topological polar surface area (TPSA) is 40.6 Å². The van der Waals surface area contributed by atoms with Gasteiger partial charge in [0.25, 0.3) is 5.91 Å². The number of nitrogens with zero attached hydrogens (tertiary/aromatic N) is 2. The highest BCUT2D eigenvalue weighted by molar-refractivity contribution is 7.12. The second-order valence-electron chi connectivity index (χ2n) is 7.92. The number of carbonyl (C=O) groups is 2. The number of rotatable bonds is 2. The van der Waals surface area contributed by atoms with Crippen LogP contribution in [0, 0.1) is 17.8 Å². The fraction of sp³-hybridized carbons (Fsp3) is 0.700. The number of amides is 2. The Kier molecular flexibility index (Phi) is 5.11. The summed E-state index contributed by atoms with van der Waals surface area (Å²) in [6, 6.07) is 3.81. The lowest BCUT2D eigenvalue weighted by Crippen LogP contribution is -2.49. The molecule has 2 saturated heterocycles. The molecule has 136 valence electrons. The van der Waals surface area contributed by atoms with Gasteiger partial charge < -0.3 is 9.80 Å². The number of hydrogen-bond donors (Lipinski definition) is 0. The van der Waals surface area contributed by atoms with E-state index in [0.717, 1.165) is 42.6 Å². The Hall–Kier alpha value is -1.36. The third-order valence-corrected chi connectivity index (χ3v) is 7.32. The van der Waals surface area contributed by atoms with E-state index in [2.05, 4.69) is 4.90 Å². The van der Waals surface area contributed by atoms with Crippen molar-refractivity contribution in [1.82, 2.24) is 9.80 Å². The number of hydrogen-bond acceptors (Lipinski definition) is 3. The first-order valence-corrected chi connectivity index (χ1v) is 10.7. The largest absolute Gasteiger partial charge is 0.342 e. The lowest BCUT2D eigenvalue weighted by Gasteiger charge is -2.43. The molecular formula is C20H28N2O2S. The molecule has 25 heavy (non-hydrogen) atoms. The van der Waals surface area contributed by atoms with Gasteiger partial charge in [0.1, 0.15) is 0 Å². The van der Waals surface area contributed by atoms with Gasteiger partial charge in [0.15, 0.2) is 0 Å². The van der Waals surface area contributed by atoms with Crippen LogP contribution in [0.4, 0.5) is 0 Å². The minimum absolute atomic E-state index is 0.118. The summed E-state index contributed by atoms with van der Waals surface area (Å²) in [6.45, 7) is 3.37. The number of fused-ring (bicyclic) bond motifs is 1. The van der Waals surface area contributed by atoms with Crippen LogP contribution in [0.2, 0.25) is 0 Å². The van der Waals surface area contributed by atoms with Crippen LogP contribution in [0.15, 0.2) is 17.5 Å². The van der Waals surface area contributed by atoms with Gasteiger partial charge in [-0.05, 0) is 49.0 Å². The minimum atomic E-state index is 0.118. The summed E-state index contributed by atoms with van der Waals surface area (Å²) in [5.41, 5.74) is 0. The minimum Gasteiger partial charge on any atom is -0.342 e. The normalized spacial score (nSPS) is 27.8. The first-order valence-electron chi connectivity index (χ1n) is 9.84. The summed E-state index contributed by atoms with van der Waals surface area (Å²) in [6.07, 6.45) is 8.24. The molecule has 4 rings (SSSR count). The number of thiophene rings is 1. The Morgan fingerprint density at radius 1 is 0.920 bits per heavy atom. The second kappa shape index (κ2) is 7.48. The molecule has 4 nitrogen and oxygen atoms in total. The van der Waals surface area contributed by atoms with Crippen molar-refractivity contribution >= 4 is 23.2 Å². The molecule has 3 aliphatic rings. The van der Waals surface area contributed by atoms with Crippen molar-refractivity contribution < 1.29 is 9.59 Å². The monoisotopic (exact) mass is 360 g/mol. The summed E-state index contributed by atoms with van der Waals surface area (Å²) in [5, 5.41) is 1.94. The summed E-state index contributed by atoms with van der Waals surface area (Å²) < 4.78 is 0. The van der Waals surface area contributed by atoms with E-state index in [4.69, 9.17) is 0 Å². The Morgan fingerprint density at radius 2 is 1.64 bits per heavy atom. The highest BCUT2D eigenvalue weighted by atomic mass is 32.1. The quantitative estimate of drug-likeness (QED) is 0.808. The van der Waals surface area contributed by atoms with Crippen molar-refractivity contribution in [3.8, 4) is 0 Å². The Bertz CT molecular complexity index is 607. The van der Waals surface area contributed by atoms with E-state index in [9.17, 15) is 9.59 Å². The van der Waals surface area contributed by atoms with Gasteiger partial charge in [0, 0.05) is 32.1 Å². The molecule has 2 atom stereocenters. The van der Waals surface area contributed by atoms with Gasteiger partial charge in [-0.3, -0.25) is 9.59 Å². The zero-order valence-electron chi connectivity index (χ0n) is 14.9. The summed E-state index contributed by atoms with van der Waals surface area (Å²) in [5.74, 6) is 2.21. The smallest absolute Gasteiger partial charge is 0.263 e. The highest BCUT2D eigenvalue weighted by Crippen LogP contribution is 2.37. The standard InChI is InChI=1S/C20H28N2O2S/c23-19(22-12-7-15-4-1-2-5-17(15)14-22)16-8-10-21(11-9-16)20(24)18-6-3-13-25-18/h3,6,13,15-17H,1-2,4-5,7-12,14H2/t15-,17+/m1/s1. The molecule has 3 heterocycles. The van der Waals surface area contributed by atoms with Crippen molar-refractivity contribution in [2.75, 3.05) is 26.2 Å². The fourth-order valence-corrected chi connectivity index (χ4v) is 5.64. The molecule has 0 aromatic carbocycles. The predicted molar refractivity (Wildman–Crippen MR) is 99.6 cm³/mol. The van der Waals surface area contributed by atoms with Gasteiger partial charge in [-0.1, -0.05) is 25.3 Å². The average Bonchev–Trinajstić information content (AvgIpc) is 3.21. The molecule has 3 fully saturated rings. The summed E-state index contributed by atoms with van der Waals surface area (Å²) >= 11 is 1.50. The molecule has 0 radical (unpaired) electrons. The summed E-state index contributed by atoms with van der Waals surface area (Å²) in [4.78, 5) is 30.3. The van der Waals surface area contributed by atoms with Crippen molar-refractivity contribution in [3.05, 3.63) is 22.4 Å². The Balaban J connectivity index is 1.30. The van der Waals surface area contributed by atoms with Crippen LogP contribution in [0.3, 0.4) is 0 Å². The number of piperidine rings is 2. The van der Waals surface area contributed by atoms with Crippen LogP contribution in [0.5, 0.6) is 0 Å². The molecule has 2 amide bonds. The van der Waals surface area contributed by atoms with Crippen LogP contribution >= 0.6 is 11.3 Å². The van der Waals surface area contributed by atoms with Crippen LogP contribution in [-0.4, -0.2) is 47.8 Å². The predicted octanol–water partition coefficient (Wildman–Crippen LogP) is 3.64. The molecule has 1 aliphatic carbocycles. The molecule has 0 N–H and O–H groups in total. The number of likely N-dealkylation sites (tertiary alicyclic amines) is 2. The van der Waals surface area contributed by atoms with E-state index in [1.807, 2.05) is 22.4 Å². The molecule has 0 spiro atoms.